The van der Waals surface area contributed by atoms with Gasteiger partial charge in [0.05, 0.1) is 18.3 Å². The van der Waals surface area contributed by atoms with Gasteiger partial charge in [-0.05, 0) is 59.4 Å². The van der Waals surface area contributed by atoms with E-state index in [9.17, 15) is 5.26 Å². The van der Waals surface area contributed by atoms with Gasteiger partial charge < -0.3 is 4.74 Å². The zero-order valence-electron chi connectivity index (χ0n) is 14.1. The molecule has 2 aliphatic rings. The Morgan fingerprint density at radius 2 is 2.19 bits per heavy atom. The fourth-order valence-electron chi connectivity index (χ4n) is 4.00. The number of hydrogen-bond donors (Lipinski definition) is 1. The summed E-state index contributed by atoms with van der Waals surface area (Å²) in [6, 6.07) is 2.98. The summed E-state index contributed by atoms with van der Waals surface area (Å²) in [4.78, 5) is 2.50. The van der Waals surface area contributed by atoms with Crippen LogP contribution in [0.1, 0.15) is 53.4 Å². The molecule has 1 aliphatic carbocycles. The first-order valence-electron chi connectivity index (χ1n) is 8.42. The van der Waals surface area contributed by atoms with Crippen LogP contribution in [0.15, 0.2) is 0 Å². The number of morpholine rings is 1. The summed E-state index contributed by atoms with van der Waals surface area (Å²) in [7, 11) is 0. The van der Waals surface area contributed by atoms with E-state index in [0.717, 1.165) is 39.1 Å². The molecule has 0 radical (unpaired) electrons. The second-order valence-electron chi connectivity index (χ2n) is 7.64. The molecular weight excluding hydrogens is 262 g/mol. The van der Waals surface area contributed by atoms with E-state index in [4.69, 9.17) is 4.74 Å². The van der Waals surface area contributed by atoms with Crippen LogP contribution in [0.3, 0.4) is 0 Å². The van der Waals surface area contributed by atoms with Gasteiger partial charge in [0, 0.05) is 19.1 Å². The van der Waals surface area contributed by atoms with Crippen LogP contribution in [0.5, 0.6) is 0 Å². The molecule has 2 atom stereocenters. The number of nitrogens with zero attached hydrogens (tertiary/aromatic N) is 2. The molecular formula is C17H31N3O. The molecule has 1 saturated heterocycles. The summed E-state index contributed by atoms with van der Waals surface area (Å²) >= 11 is 0. The molecule has 1 heterocycles. The smallest absolute Gasteiger partial charge is 0.109 e. The van der Waals surface area contributed by atoms with E-state index in [-0.39, 0.29) is 11.1 Å². The van der Waals surface area contributed by atoms with Gasteiger partial charge in [0.25, 0.3) is 0 Å². The van der Waals surface area contributed by atoms with Gasteiger partial charge in [-0.1, -0.05) is 6.42 Å². The quantitative estimate of drug-likeness (QED) is 0.846. The van der Waals surface area contributed by atoms with Crippen molar-refractivity contribution in [2.75, 3.05) is 26.2 Å². The van der Waals surface area contributed by atoms with Gasteiger partial charge in [-0.2, -0.15) is 5.26 Å². The molecule has 2 fully saturated rings. The molecule has 0 aromatic heterocycles. The lowest BCUT2D eigenvalue weighted by Gasteiger charge is -2.39. The second kappa shape index (κ2) is 6.64. The molecule has 0 bridgehead atoms. The van der Waals surface area contributed by atoms with Crippen molar-refractivity contribution >= 4 is 0 Å². The minimum absolute atomic E-state index is 0.0313. The number of nitriles is 1. The predicted octanol–water partition coefficient (Wildman–Crippen LogP) is 2.55. The van der Waals surface area contributed by atoms with Gasteiger partial charge in [0.15, 0.2) is 0 Å². The van der Waals surface area contributed by atoms with Crippen molar-refractivity contribution in [2.45, 2.75) is 70.6 Å². The third-order valence-corrected chi connectivity index (χ3v) is 4.86. The van der Waals surface area contributed by atoms with Crippen molar-refractivity contribution in [1.29, 1.82) is 5.26 Å². The molecule has 0 amide bonds. The van der Waals surface area contributed by atoms with E-state index >= 15 is 0 Å². The van der Waals surface area contributed by atoms with Gasteiger partial charge in [-0.3, -0.25) is 10.2 Å². The van der Waals surface area contributed by atoms with Gasteiger partial charge in [-0.25, -0.2) is 0 Å². The molecule has 120 valence electrons. The van der Waals surface area contributed by atoms with Gasteiger partial charge >= 0.3 is 0 Å². The Morgan fingerprint density at radius 1 is 1.43 bits per heavy atom. The van der Waals surface area contributed by atoms with Crippen LogP contribution in [-0.2, 0) is 4.74 Å². The maximum Gasteiger partial charge on any atom is 0.109 e. The number of nitrogens with one attached hydrogen (secondary N) is 1. The lowest BCUT2D eigenvalue weighted by molar-refractivity contribution is -0.0870. The second-order valence-corrected chi connectivity index (χ2v) is 7.64. The van der Waals surface area contributed by atoms with Gasteiger partial charge in [-0.15, -0.1) is 0 Å². The third-order valence-electron chi connectivity index (χ3n) is 4.86. The number of hydrogen-bond acceptors (Lipinski definition) is 4. The Hall–Kier alpha value is -0.630. The highest BCUT2D eigenvalue weighted by atomic mass is 16.5. The molecule has 4 heteroatoms. The van der Waals surface area contributed by atoms with E-state index < -0.39 is 0 Å². The van der Waals surface area contributed by atoms with Gasteiger partial charge in [0.1, 0.15) is 5.54 Å². The summed E-state index contributed by atoms with van der Waals surface area (Å²) < 4.78 is 5.78. The van der Waals surface area contributed by atoms with Crippen molar-refractivity contribution in [3.05, 3.63) is 0 Å². The average Bonchev–Trinajstić information content (AvgIpc) is 2.78. The first-order valence-corrected chi connectivity index (χ1v) is 8.42. The maximum absolute atomic E-state index is 9.71. The predicted molar refractivity (Wildman–Crippen MR) is 85.0 cm³/mol. The fraction of sp³-hybridized carbons (Fsp3) is 0.941. The molecule has 0 aromatic rings. The Bertz CT molecular complexity index is 388. The fourth-order valence-corrected chi connectivity index (χ4v) is 4.00. The molecule has 1 saturated carbocycles. The van der Waals surface area contributed by atoms with Crippen LogP contribution in [0.25, 0.3) is 0 Å². The van der Waals surface area contributed by atoms with E-state index in [1.165, 1.54) is 12.8 Å². The van der Waals surface area contributed by atoms with Crippen molar-refractivity contribution in [2.24, 2.45) is 5.92 Å². The normalized spacial score (nSPS) is 33.2. The topological polar surface area (TPSA) is 48.3 Å². The molecule has 4 nitrogen and oxygen atoms in total. The largest absolute Gasteiger partial charge is 0.373 e. The molecule has 21 heavy (non-hydrogen) atoms. The minimum Gasteiger partial charge on any atom is -0.373 e. The Morgan fingerprint density at radius 3 is 2.81 bits per heavy atom. The third kappa shape index (κ3) is 4.18. The summed E-state index contributed by atoms with van der Waals surface area (Å²) in [5.74, 6) is 0.482. The molecule has 0 aromatic carbocycles. The lowest BCUT2D eigenvalue weighted by Crippen LogP contribution is -2.52. The molecule has 1 aliphatic heterocycles. The molecule has 2 rings (SSSR count). The number of ether oxygens (including phenoxy) is 1. The Labute approximate surface area is 129 Å². The molecule has 2 unspecified atom stereocenters. The van der Waals surface area contributed by atoms with E-state index in [1.807, 2.05) is 0 Å². The van der Waals surface area contributed by atoms with Gasteiger partial charge in [0.2, 0.25) is 0 Å². The van der Waals surface area contributed by atoms with Crippen molar-refractivity contribution < 1.29 is 4.74 Å². The van der Waals surface area contributed by atoms with Crippen LogP contribution < -0.4 is 5.32 Å². The van der Waals surface area contributed by atoms with Crippen molar-refractivity contribution in [1.82, 2.24) is 10.2 Å². The first-order chi connectivity index (χ1) is 9.87. The van der Waals surface area contributed by atoms with Crippen molar-refractivity contribution in [3.63, 3.8) is 0 Å². The minimum atomic E-state index is -0.296. The molecule has 1 N–H and O–H groups in total. The van der Waals surface area contributed by atoms with Crippen molar-refractivity contribution in [3.8, 4) is 6.07 Å². The Kier molecular flexibility index (Phi) is 5.29. The zero-order chi connectivity index (χ0) is 15.5. The summed E-state index contributed by atoms with van der Waals surface area (Å²) in [5.41, 5.74) is -0.327. The standard InChI is InChI=1S/C17H31N3O/c1-14(2)19-17(12-18)8-5-6-15(17)7-9-20-10-11-21-16(3,4)13-20/h14-15,19H,5-11,13H2,1-4H3. The summed E-state index contributed by atoms with van der Waals surface area (Å²) in [6.07, 6.45) is 4.47. The van der Waals surface area contributed by atoms with E-state index in [0.29, 0.717) is 12.0 Å². The Balaban J connectivity index is 1.91. The highest BCUT2D eigenvalue weighted by Crippen LogP contribution is 2.38. The average molecular weight is 293 g/mol. The lowest BCUT2D eigenvalue weighted by atomic mass is 9.85. The zero-order valence-corrected chi connectivity index (χ0v) is 14.1. The SMILES string of the molecule is CC(C)NC1(C#N)CCCC1CCN1CCOC(C)(C)C1. The van der Waals surface area contributed by atoms with E-state index in [1.54, 1.807) is 0 Å². The highest BCUT2D eigenvalue weighted by Gasteiger charge is 2.43. The first kappa shape index (κ1) is 16.7. The van der Waals surface area contributed by atoms with Crippen LogP contribution >= 0.6 is 0 Å². The van der Waals surface area contributed by atoms with Crippen LogP contribution in [0, 0.1) is 17.2 Å². The monoisotopic (exact) mass is 293 g/mol. The summed E-state index contributed by atoms with van der Waals surface area (Å²) in [5, 5.41) is 13.3. The molecule has 0 spiro atoms. The van der Waals surface area contributed by atoms with Crippen LogP contribution in [-0.4, -0.2) is 48.3 Å². The summed E-state index contributed by atoms with van der Waals surface area (Å²) in [6.45, 7) is 12.5. The number of rotatable bonds is 5. The maximum atomic E-state index is 9.71. The van der Waals surface area contributed by atoms with Crippen LogP contribution in [0.2, 0.25) is 0 Å². The highest BCUT2D eigenvalue weighted by molar-refractivity contribution is 5.14. The van der Waals surface area contributed by atoms with E-state index in [2.05, 4.69) is 44.0 Å². The van der Waals surface area contributed by atoms with Crippen LogP contribution in [0.4, 0.5) is 0 Å².